The maximum absolute atomic E-state index is 13.1. The number of imide groups is 1. The van der Waals surface area contributed by atoms with E-state index in [0.29, 0.717) is 42.1 Å². The first-order chi connectivity index (χ1) is 15.4. The second kappa shape index (κ2) is 8.66. The van der Waals surface area contributed by atoms with Crippen LogP contribution in [0.25, 0.3) is 0 Å². The second-order valence-corrected chi connectivity index (χ2v) is 7.77. The molecule has 1 aliphatic carbocycles. The van der Waals surface area contributed by atoms with Crippen LogP contribution >= 0.6 is 0 Å². The number of anilines is 1. The Hall–Kier alpha value is -3.95. The number of carboxylic acid groups (broad SMARTS) is 1. The lowest BCUT2D eigenvalue weighted by atomic mass is 9.99. The summed E-state index contributed by atoms with van der Waals surface area (Å²) < 4.78 is 0. The average Bonchev–Trinajstić information content (AvgIpc) is 3.40. The van der Waals surface area contributed by atoms with Gasteiger partial charge in [0.2, 0.25) is 11.8 Å². The summed E-state index contributed by atoms with van der Waals surface area (Å²) in [5, 5.41) is 14.8. The summed E-state index contributed by atoms with van der Waals surface area (Å²) in [6.07, 6.45) is 1.20. The summed E-state index contributed by atoms with van der Waals surface area (Å²) in [4.78, 5) is 55.6. The molecule has 3 N–H and O–H groups in total. The molecular weight excluding hydrogens is 414 g/mol. The molecule has 1 atom stereocenters. The Morgan fingerprint density at radius 3 is 2.72 bits per heavy atom. The number of nitrogens with one attached hydrogen (secondary N) is 2. The number of hydrogen-bond acceptors (Lipinski definition) is 5. The number of fused-ring (bicyclic) bond motifs is 2. The van der Waals surface area contributed by atoms with Crippen molar-refractivity contribution in [3.05, 3.63) is 58.9 Å². The van der Waals surface area contributed by atoms with Crippen LogP contribution in [0.1, 0.15) is 34.7 Å². The summed E-state index contributed by atoms with van der Waals surface area (Å²) in [5.41, 5.74) is 3.87. The number of nitrogens with zero attached hydrogens (tertiary/aromatic N) is 3. The number of pyridine rings is 1. The van der Waals surface area contributed by atoms with E-state index < -0.39 is 30.4 Å². The molecule has 0 spiro atoms. The fourth-order valence-corrected chi connectivity index (χ4v) is 4.18. The molecule has 2 aliphatic rings. The molecule has 0 radical (unpaired) electrons. The van der Waals surface area contributed by atoms with Gasteiger partial charge in [0.1, 0.15) is 6.54 Å². The highest BCUT2D eigenvalue weighted by Gasteiger charge is 2.37. The number of rotatable bonds is 4. The normalized spacial score (nSPS) is 16.2. The Bertz CT molecular complexity index is 1080. The third kappa shape index (κ3) is 4.11. The summed E-state index contributed by atoms with van der Waals surface area (Å²) in [6.45, 7) is 0.103. The molecule has 10 nitrogen and oxygen atoms in total. The van der Waals surface area contributed by atoms with Crippen molar-refractivity contribution in [2.75, 3.05) is 18.9 Å². The Morgan fingerprint density at radius 1 is 1.19 bits per heavy atom. The van der Waals surface area contributed by atoms with E-state index in [-0.39, 0.29) is 6.03 Å². The summed E-state index contributed by atoms with van der Waals surface area (Å²) in [7, 11) is 1.51. The van der Waals surface area contributed by atoms with Crippen LogP contribution in [0.3, 0.4) is 0 Å². The molecule has 2 aromatic rings. The van der Waals surface area contributed by atoms with E-state index in [1.165, 1.54) is 11.9 Å². The van der Waals surface area contributed by atoms with Crippen molar-refractivity contribution in [3.8, 4) is 0 Å². The molecule has 1 aliphatic heterocycles. The molecular formula is C22H23N5O5. The lowest BCUT2D eigenvalue weighted by molar-refractivity contribution is -0.140. The highest BCUT2D eigenvalue weighted by Crippen LogP contribution is 2.36. The maximum atomic E-state index is 13.1. The molecule has 2 heterocycles. The first kappa shape index (κ1) is 21.3. The molecule has 1 aromatic carbocycles. The fraction of sp³-hybridized carbons (Fsp3) is 0.318. The molecule has 0 unspecified atom stereocenters. The number of hydrogen-bond donors (Lipinski definition) is 3. The molecule has 0 fully saturated rings. The maximum Gasteiger partial charge on any atom is 0.414 e. The summed E-state index contributed by atoms with van der Waals surface area (Å²) in [5.74, 6) is -1.71. The largest absolute Gasteiger partial charge is 0.465 e. The standard InChI is InChI=1S/C22H23N5O5/c1-23-21(30)25-15-5-7-16-13(9-15)4-6-17(16)20(29)27(22(31)32)12-19(28)26-10-14-3-2-8-24-18(14)11-26/h2-3,5,7-9,17H,4,6,10-12H2,1H3,(H,31,32)(H2,23,25,30)/t17-/m0/s1. The Morgan fingerprint density at radius 2 is 2.00 bits per heavy atom. The molecule has 32 heavy (non-hydrogen) atoms. The number of urea groups is 1. The first-order valence-electron chi connectivity index (χ1n) is 10.2. The van der Waals surface area contributed by atoms with E-state index in [4.69, 9.17) is 0 Å². The Labute approximate surface area is 184 Å². The minimum Gasteiger partial charge on any atom is -0.465 e. The van der Waals surface area contributed by atoms with Crippen molar-refractivity contribution < 1.29 is 24.3 Å². The number of carbonyl (C=O) groups excluding carboxylic acids is 3. The van der Waals surface area contributed by atoms with Gasteiger partial charge in [-0.3, -0.25) is 14.6 Å². The van der Waals surface area contributed by atoms with Gasteiger partial charge in [0.05, 0.1) is 18.2 Å². The van der Waals surface area contributed by atoms with Crippen molar-refractivity contribution in [1.29, 1.82) is 0 Å². The zero-order valence-electron chi connectivity index (χ0n) is 17.5. The number of benzene rings is 1. The highest BCUT2D eigenvalue weighted by atomic mass is 16.4. The van der Waals surface area contributed by atoms with Gasteiger partial charge in [0.25, 0.3) is 0 Å². The number of aromatic nitrogens is 1. The van der Waals surface area contributed by atoms with Crippen LogP contribution in [0, 0.1) is 0 Å². The highest BCUT2D eigenvalue weighted by molar-refractivity contribution is 5.99. The second-order valence-electron chi connectivity index (χ2n) is 7.77. The molecule has 166 valence electrons. The minimum absolute atomic E-state index is 0.296. The molecule has 0 saturated carbocycles. The molecule has 5 amide bonds. The zero-order chi connectivity index (χ0) is 22.8. The van der Waals surface area contributed by atoms with E-state index in [2.05, 4.69) is 15.6 Å². The van der Waals surface area contributed by atoms with Crippen LogP contribution in [-0.4, -0.2) is 57.4 Å². The van der Waals surface area contributed by atoms with E-state index in [0.717, 1.165) is 16.8 Å². The minimum atomic E-state index is -1.45. The van der Waals surface area contributed by atoms with E-state index in [1.807, 2.05) is 6.07 Å². The predicted octanol–water partition coefficient (Wildman–Crippen LogP) is 1.91. The van der Waals surface area contributed by atoms with Gasteiger partial charge in [-0.25, -0.2) is 14.5 Å². The van der Waals surface area contributed by atoms with Crippen LogP contribution in [0.2, 0.25) is 0 Å². The van der Waals surface area contributed by atoms with Crippen LogP contribution in [0.15, 0.2) is 36.5 Å². The summed E-state index contributed by atoms with van der Waals surface area (Å²) >= 11 is 0. The van der Waals surface area contributed by atoms with E-state index in [1.54, 1.807) is 30.5 Å². The van der Waals surface area contributed by atoms with Crippen LogP contribution in [0.4, 0.5) is 15.3 Å². The van der Waals surface area contributed by atoms with Crippen molar-refractivity contribution in [2.45, 2.75) is 31.8 Å². The monoisotopic (exact) mass is 437 g/mol. The lowest BCUT2D eigenvalue weighted by Gasteiger charge is -2.24. The lowest BCUT2D eigenvalue weighted by Crippen LogP contribution is -2.45. The van der Waals surface area contributed by atoms with Gasteiger partial charge < -0.3 is 20.6 Å². The third-order valence-corrected chi connectivity index (χ3v) is 5.83. The van der Waals surface area contributed by atoms with E-state index in [9.17, 15) is 24.3 Å². The Balaban J connectivity index is 1.46. The van der Waals surface area contributed by atoms with Gasteiger partial charge in [0, 0.05) is 25.5 Å². The molecule has 0 bridgehead atoms. The van der Waals surface area contributed by atoms with E-state index >= 15 is 0 Å². The van der Waals surface area contributed by atoms with Crippen molar-refractivity contribution >= 4 is 29.6 Å². The molecule has 10 heteroatoms. The van der Waals surface area contributed by atoms with Crippen molar-refractivity contribution in [2.24, 2.45) is 0 Å². The van der Waals surface area contributed by atoms with Gasteiger partial charge in [-0.15, -0.1) is 0 Å². The number of aryl methyl sites for hydroxylation is 1. The molecule has 4 rings (SSSR count). The Kier molecular flexibility index (Phi) is 5.76. The van der Waals surface area contributed by atoms with Gasteiger partial charge in [-0.2, -0.15) is 0 Å². The zero-order valence-corrected chi connectivity index (χ0v) is 17.5. The van der Waals surface area contributed by atoms with Gasteiger partial charge >= 0.3 is 12.1 Å². The molecule has 0 saturated heterocycles. The number of carbonyl (C=O) groups is 4. The predicted molar refractivity (Wildman–Crippen MR) is 114 cm³/mol. The van der Waals surface area contributed by atoms with Crippen LogP contribution in [0.5, 0.6) is 0 Å². The average molecular weight is 437 g/mol. The smallest absolute Gasteiger partial charge is 0.414 e. The molecule has 1 aromatic heterocycles. The number of amides is 5. The van der Waals surface area contributed by atoms with Gasteiger partial charge in [-0.05, 0) is 47.7 Å². The fourth-order valence-electron chi connectivity index (χ4n) is 4.18. The van der Waals surface area contributed by atoms with Crippen LogP contribution < -0.4 is 10.6 Å². The van der Waals surface area contributed by atoms with Crippen molar-refractivity contribution in [1.82, 2.24) is 20.1 Å². The van der Waals surface area contributed by atoms with Gasteiger partial charge in [-0.1, -0.05) is 12.1 Å². The van der Waals surface area contributed by atoms with Crippen molar-refractivity contribution in [3.63, 3.8) is 0 Å². The quantitative estimate of drug-likeness (QED) is 0.670. The SMILES string of the molecule is CNC(=O)Nc1ccc2c(c1)CC[C@@H]2C(=O)N(CC(=O)N1Cc2cccnc2C1)C(=O)O. The third-order valence-electron chi connectivity index (χ3n) is 5.83. The van der Waals surface area contributed by atoms with Crippen LogP contribution in [-0.2, 0) is 29.1 Å². The summed E-state index contributed by atoms with van der Waals surface area (Å²) in [6, 6.07) is 8.48. The first-order valence-corrected chi connectivity index (χ1v) is 10.2. The van der Waals surface area contributed by atoms with Gasteiger partial charge in [0.15, 0.2) is 0 Å². The topological polar surface area (TPSA) is 132 Å².